The van der Waals surface area contributed by atoms with Crippen LogP contribution in [0.25, 0.3) is 0 Å². The van der Waals surface area contributed by atoms with E-state index in [9.17, 15) is 0 Å². The Morgan fingerprint density at radius 2 is 2.20 bits per heavy atom. The zero-order valence-corrected chi connectivity index (χ0v) is 9.19. The van der Waals surface area contributed by atoms with Gasteiger partial charge in [-0.05, 0) is 6.42 Å². The van der Waals surface area contributed by atoms with Gasteiger partial charge in [0, 0.05) is 13.2 Å². The summed E-state index contributed by atoms with van der Waals surface area (Å²) in [5, 5.41) is 0. The van der Waals surface area contributed by atoms with Crippen LogP contribution in [0.4, 0.5) is 5.82 Å². The van der Waals surface area contributed by atoms with Gasteiger partial charge in [0.15, 0.2) is 5.82 Å². The van der Waals surface area contributed by atoms with Gasteiger partial charge >= 0.3 is 0 Å². The van der Waals surface area contributed by atoms with Gasteiger partial charge in [-0.3, -0.25) is 0 Å². The Morgan fingerprint density at radius 1 is 1.40 bits per heavy atom. The molecule has 15 heavy (non-hydrogen) atoms. The lowest BCUT2D eigenvalue weighted by Crippen LogP contribution is -2.05. The average Bonchev–Trinajstić information content (AvgIpc) is 2.18. The van der Waals surface area contributed by atoms with Crippen LogP contribution in [0.15, 0.2) is 6.07 Å². The van der Waals surface area contributed by atoms with Gasteiger partial charge in [-0.1, -0.05) is 13.3 Å². The van der Waals surface area contributed by atoms with Crippen LogP contribution < -0.4 is 10.5 Å². The molecule has 0 bridgehead atoms. The molecule has 0 aliphatic heterocycles. The van der Waals surface area contributed by atoms with Gasteiger partial charge in [0.2, 0.25) is 5.88 Å². The fourth-order valence-corrected chi connectivity index (χ4v) is 1.08. The van der Waals surface area contributed by atoms with Crippen molar-refractivity contribution in [2.75, 3.05) is 19.5 Å². The molecule has 0 aliphatic carbocycles. The Labute approximate surface area is 89.6 Å². The molecule has 0 radical (unpaired) electrons. The highest BCUT2D eigenvalue weighted by molar-refractivity contribution is 5.32. The van der Waals surface area contributed by atoms with Gasteiger partial charge in [-0.15, -0.1) is 0 Å². The Balaban J connectivity index is 2.62. The summed E-state index contributed by atoms with van der Waals surface area (Å²) >= 11 is 0. The molecule has 1 aromatic heterocycles. The van der Waals surface area contributed by atoms with E-state index in [1.54, 1.807) is 13.2 Å². The standard InChI is InChI=1S/C10H17N3O2/c1-3-4-5-15-10-6-8(11)12-9(13-10)7-14-2/h6H,3-5,7H2,1-2H3,(H2,11,12,13). The molecule has 1 heterocycles. The Kier molecular flexibility index (Phi) is 4.83. The first-order valence-electron chi connectivity index (χ1n) is 5.01. The number of nitrogens with zero attached hydrogens (tertiary/aromatic N) is 2. The molecule has 84 valence electrons. The van der Waals surface area contributed by atoms with E-state index < -0.39 is 0 Å². The highest BCUT2D eigenvalue weighted by Gasteiger charge is 2.02. The minimum Gasteiger partial charge on any atom is -0.478 e. The Morgan fingerprint density at radius 3 is 2.87 bits per heavy atom. The van der Waals surface area contributed by atoms with E-state index in [2.05, 4.69) is 16.9 Å². The molecule has 1 rings (SSSR count). The van der Waals surface area contributed by atoms with Gasteiger partial charge in [-0.2, -0.15) is 4.98 Å². The van der Waals surface area contributed by atoms with E-state index in [-0.39, 0.29) is 0 Å². The SMILES string of the molecule is CCCCOc1cc(N)nc(COC)n1. The lowest BCUT2D eigenvalue weighted by molar-refractivity contribution is 0.176. The molecule has 0 saturated carbocycles. The second kappa shape index (κ2) is 6.19. The predicted octanol–water partition coefficient (Wildman–Crippen LogP) is 1.38. The van der Waals surface area contributed by atoms with Crippen LogP contribution in [-0.2, 0) is 11.3 Å². The second-order valence-electron chi connectivity index (χ2n) is 3.18. The summed E-state index contributed by atoms with van der Waals surface area (Å²) in [5.74, 6) is 1.47. The number of nitrogens with two attached hydrogens (primary N) is 1. The first-order chi connectivity index (χ1) is 7.26. The molecular formula is C10H17N3O2. The van der Waals surface area contributed by atoms with Crippen molar-refractivity contribution in [1.82, 2.24) is 9.97 Å². The van der Waals surface area contributed by atoms with Gasteiger partial charge < -0.3 is 15.2 Å². The Hall–Kier alpha value is -1.36. The van der Waals surface area contributed by atoms with E-state index in [1.165, 1.54) is 0 Å². The molecule has 0 amide bonds. The third-order valence-corrected chi connectivity index (χ3v) is 1.79. The number of methoxy groups -OCH3 is 1. The molecule has 0 unspecified atom stereocenters. The molecule has 5 heteroatoms. The average molecular weight is 211 g/mol. The molecule has 0 atom stereocenters. The van der Waals surface area contributed by atoms with Crippen molar-refractivity contribution in [3.63, 3.8) is 0 Å². The normalized spacial score (nSPS) is 10.3. The van der Waals surface area contributed by atoms with Crippen molar-refractivity contribution in [2.45, 2.75) is 26.4 Å². The van der Waals surface area contributed by atoms with E-state index in [0.29, 0.717) is 30.7 Å². The number of ether oxygens (including phenoxy) is 2. The van der Waals surface area contributed by atoms with Crippen LogP contribution in [0.5, 0.6) is 5.88 Å². The third-order valence-electron chi connectivity index (χ3n) is 1.79. The summed E-state index contributed by atoms with van der Waals surface area (Å²) in [6, 6.07) is 1.62. The molecule has 0 fully saturated rings. The van der Waals surface area contributed by atoms with Crippen molar-refractivity contribution < 1.29 is 9.47 Å². The minimum atomic E-state index is 0.342. The van der Waals surface area contributed by atoms with Crippen LogP contribution >= 0.6 is 0 Å². The summed E-state index contributed by atoms with van der Waals surface area (Å²) in [5.41, 5.74) is 5.61. The van der Waals surface area contributed by atoms with Crippen LogP contribution in [0.1, 0.15) is 25.6 Å². The van der Waals surface area contributed by atoms with E-state index in [0.717, 1.165) is 12.8 Å². The van der Waals surface area contributed by atoms with Crippen molar-refractivity contribution in [1.29, 1.82) is 0 Å². The smallest absolute Gasteiger partial charge is 0.218 e. The van der Waals surface area contributed by atoms with Gasteiger partial charge in [-0.25, -0.2) is 4.98 Å². The summed E-state index contributed by atoms with van der Waals surface area (Å²) in [7, 11) is 1.59. The summed E-state index contributed by atoms with van der Waals surface area (Å²) in [6.45, 7) is 3.10. The van der Waals surface area contributed by atoms with Gasteiger partial charge in [0.1, 0.15) is 12.4 Å². The Bertz CT molecular complexity index is 305. The number of unbranched alkanes of at least 4 members (excludes halogenated alkanes) is 1. The molecule has 1 aromatic rings. The first-order valence-corrected chi connectivity index (χ1v) is 5.01. The molecule has 0 saturated heterocycles. The third kappa shape index (κ3) is 4.12. The number of anilines is 1. The summed E-state index contributed by atoms with van der Waals surface area (Å²) in [6.07, 6.45) is 2.09. The zero-order valence-electron chi connectivity index (χ0n) is 9.19. The fraction of sp³-hybridized carbons (Fsp3) is 0.600. The topological polar surface area (TPSA) is 70.3 Å². The summed E-state index contributed by atoms with van der Waals surface area (Å²) in [4.78, 5) is 8.17. The lowest BCUT2D eigenvalue weighted by atomic mass is 10.4. The summed E-state index contributed by atoms with van der Waals surface area (Å²) < 4.78 is 10.4. The first kappa shape index (κ1) is 11.7. The van der Waals surface area contributed by atoms with Crippen LogP contribution in [0.3, 0.4) is 0 Å². The number of aromatic nitrogens is 2. The van der Waals surface area contributed by atoms with Gasteiger partial charge in [0.25, 0.3) is 0 Å². The zero-order chi connectivity index (χ0) is 11.1. The maximum atomic E-state index is 5.61. The predicted molar refractivity (Wildman–Crippen MR) is 57.6 cm³/mol. The highest BCUT2D eigenvalue weighted by Crippen LogP contribution is 2.11. The maximum Gasteiger partial charge on any atom is 0.218 e. The number of rotatable bonds is 6. The van der Waals surface area contributed by atoms with E-state index >= 15 is 0 Å². The minimum absolute atomic E-state index is 0.342. The van der Waals surface area contributed by atoms with E-state index in [1.807, 2.05) is 0 Å². The van der Waals surface area contributed by atoms with Crippen LogP contribution in [0, 0.1) is 0 Å². The van der Waals surface area contributed by atoms with E-state index in [4.69, 9.17) is 15.2 Å². The highest BCUT2D eigenvalue weighted by atomic mass is 16.5. The van der Waals surface area contributed by atoms with Crippen molar-refractivity contribution in [3.05, 3.63) is 11.9 Å². The van der Waals surface area contributed by atoms with Crippen LogP contribution in [0.2, 0.25) is 0 Å². The molecule has 0 aliphatic rings. The molecule has 5 nitrogen and oxygen atoms in total. The van der Waals surface area contributed by atoms with Crippen molar-refractivity contribution >= 4 is 5.82 Å². The quantitative estimate of drug-likeness (QED) is 0.720. The lowest BCUT2D eigenvalue weighted by Gasteiger charge is -2.06. The van der Waals surface area contributed by atoms with Gasteiger partial charge in [0.05, 0.1) is 6.61 Å². The van der Waals surface area contributed by atoms with Crippen molar-refractivity contribution in [2.24, 2.45) is 0 Å². The van der Waals surface area contributed by atoms with Crippen molar-refractivity contribution in [3.8, 4) is 5.88 Å². The molecule has 2 N–H and O–H groups in total. The number of nitrogen functional groups attached to an aromatic ring is 1. The molecular weight excluding hydrogens is 194 g/mol. The monoisotopic (exact) mass is 211 g/mol. The number of hydrogen-bond acceptors (Lipinski definition) is 5. The molecule has 0 aromatic carbocycles. The van der Waals surface area contributed by atoms with Crippen LogP contribution in [-0.4, -0.2) is 23.7 Å². The molecule has 0 spiro atoms. The largest absolute Gasteiger partial charge is 0.478 e. The second-order valence-corrected chi connectivity index (χ2v) is 3.18. The maximum absolute atomic E-state index is 5.61. The fourth-order valence-electron chi connectivity index (χ4n) is 1.08. The number of hydrogen-bond donors (Lipinski definition) is 1.